The maximum atomic E-state index is 11.3. The maximum absolute atomic E-state index is 11.3. The molecule has 0 bridgehead atoms. The fourth-order valence-corrected chi connectivity index (χ4v) is 1.45. The summed E-state index contributed by atoms with van der Waals surface area (Å²) in [6.07, 6.45) is -1.31. The highest BCUT2D eigenvalue weighted by molar-refractivity contribution is 5.74. The first-order valence-electron chi connectivity index (χ1n) is 5.60. The molecule has 1 aromatic carbocycles. The Morgan fingerprint density at radius 2 is 1.89 bits per heavy atom. The van der Waals surface area contributed by atoms with E-state index >= 15 is 0 Å². The molecular weight excluding hydrogens is 236 g/mol. The molecule has 0 aliphatic rings. The third kappa shape index (κ3) is 3.37. The van der Waals surface area contributed by atoms with Gasteiger partial charge in [0.05, 0.1) is 20.3 Å². The highest BCUT2D eigenvalue weighted by atomic mass is 16.6. The minimum atomic E-state index is -0.721. The number of hydrogen-bond acceptors (Lipinski definition) is 5. The van der Waals surface area contributed by atoms with Gasteiger partial charge in [-0.05, 0) is 31.5 Å². The molecule has 0 heterocycles. The normalized spacial score (nSPS) is 13.6. The van der Waals surface area contributed by atoms with Gasteiger partial charge in [-0.3, -0.25) is 0 Å². The molecule has 100 valence electrons. The number of ether oxygens (including phenoxy) is 3. The third-order valence-corrected chi connectivity index (χ3v) is 2.51. The van der Waals surface area contributed by atoms with Crippen molar-refractivity contribution >= 4 is 5.97 Å². The Bertz CT molecular complexity index is 414. The van der Waals surface area contributed by atoms with Crippen molar-refractivity contribution in [2.45, 2.75) is 26.1 Å². The van der Waals surface area contributed by atoms with E-state index in [0.29, 0.717) is 17.1 Å². The molecule has 0 amide bonds. The van der Waals surface area contributed by atoms with Gasteiger partial charge in [-0.2, -0.15) is 0 Å². The molecule has 0 radical (unpaired) electrons. The van der Waals surface area contributed by atoms with Crippen molar-refractivity contribution < 1.29 is 24.1 Å². The monoisotopic (exact) mass is 254 g/mol. The van der Waals surface area contributed by atoms with E-state index in [1.54, 1.807) is 32.0 Å². The Balaban J connectivity index is 2.92. The Morgan fingerprint density at radius 3 is 2.39 bits per heavy atom. The summed E-state index contributed by atoms with van der Waals surface area (Å²) in [5, 5.41) is 9.47. The molecule has 5 heteroatoms. The summed E-state index contributed by atoms with van der Waals surface area (Å²) >= 11 is 0. The number of rotatable bonds is 5. The van der Waals surface area contributed by atoms with Crippen molar-refractivity contribution in [2.75, 3.05) is 14.2 Å². The van der Waals surface area contributed by atoms with E-state index in [4.69, 9.17) is 9.47 Å². The number of aliphatic hydroxyl groups is 1. The van der Waals surface area contributed by atoms with Crippen LogP contribution < -0.4 is 9.47 Å². The Kier molecular flexibility index (Phi) is 4.97. The van der Waals surface area contributed by atoms with Crippen molar-refractivity contribution in [3.8, 4) is 11.5 Å². The highest BCUT2D eigenvalue weighted by Gasteiger charge is 2.17. The number of carbonyl (C=O) groups is 1. The van der Waals surface area contributed by atoms with Gasteiger partial charge in [0.1, 0.15) is 0 Å². The molecule has 2 atom stereocenters. The molecule has 18 heavy (non-hydrogen) atoms. The Labute approximate surface area is 106 Å². The smallest absolute Gasteiger partial charge is 0.346 e. The molecular formula is C13H18O5. The van der Waals surface area contributed by atoms with Crippen molar-refractivity contribution in [1.29, 1.82) is 0 Å². The fourth-order valence-electron chi connectivity index (χ4n) is 1.45. The molecule has 0 saturated heterocycles. The summed E-state index contributed by atoms with van der Waals surface area (Å²) in [6.45, 7) is 3.25. The van der Waals surface area contributed by atoms with Crippen LogP contribution in [-0.2, 0) is 9.53 Å². The Morgan fingerprint density at radius 1 is 1.22 bits per heavy atom. The van der Waals surface area contributed by atoms with E-state index in [1.807, 2.05) is 0 Å². The summed E-state index contributed by atoms with van der Waals surface area (Å²) in [7, 11) is 2.80. The lowest BCUT2D eigenvalue weighted by Crippen LogP contribution is -2.25. The van der Waals surface area contributed by atoms with Gasteiger partial charge in [0.15, 0.2) is 17.6 Å². The van der Waals surface area contributed by atoms with Gasteiger partial charge in [0, 0.05) is 0 Å². The number of benzene rings is 1. The van der Waals surface area contributed by atoms with Crippen LogP contribution in [0.3, 0.4) is 0 Å². The Hall–Kier alpha value is -1.75. The van der Waals surface area contributed by atoms with Crippen molar-refractivity contribution in [3.63, 3.8) is 0 Å². The molecule has 0 fully saturated rings. The number of esters is 1. The second-order valence-corrected chi connectivity index (χ2v) is 3.87. The van der Waals surface area contributed by atoms with Crippen molar-refractivity contribution in [2.24, 2.45) is 0 Å². The van der Waals surface area contributed by atoms with E-state index < -0.39 is 18.2 Å². The SMILES string of the molecule is COC(=O)C(C)Oc1ccc([C@@H](C)O)cc1OC. The van der Waals surface area contributed by atoms with Gasteiger partial charge in [-0.15, -0.1) is 0 Å². The third-order valence-electron chi connectivity index (χ3n) is 2.51. The second kappa shape index (κ2) is 6.26. The van der Waals surface area contributed by atoms with E-state index in [1.165, 1.54) is 14.2 Å². The van der Waals surface area contributed by atoms with Gasteiger partial charge < -0.3 is 19.3 Å². The van der Waals surface area contributed by atoms with Crippen molar-refractivity contribution in [3.05, 3.63) is 23.8 Å². The van der Waals surface area contributed by atoms with Crippen LogP contribution in [0, 0.1) is 0 Å². The molecule has 0 spiro atoms. The zero-order valence-corrected chi connectivity index (χ0v) is 11.0. The minimum absolute atomic E-state index is 0.430. The predicted octanol–water partition coefficient (Wildman–Crippen LogP) is 1.69. The summed E-state index contributed by atoms with van der Waals surface area (Å²) < 4.78 is 15.2. The molecule has 1 N–H and O–H groups in total. The average molecular weight is 254 g/mol. The van der Waals surface area contributed by atoms with Crippen LogP contribution in [0.4, 0.5) is 0 Å². The minimum Gasteiger partial charge on any atom is -0.493 e. The summed E-state index contributed by atoms with van der Waals surface area (Å²) in [5.41, 5.74) is 0.713. The van der Waals surface area contributed by atoms with Gasteiger partial charge in [0.25, 0.3) is 0 Å². The molecule has 5 nitrogen and oxygen atoms in total. The lowest BCUT2D eigenvalue weighted by molar-refractivity contribution is -0.147. The standard InChI is InChI=1S/C13H18O5/c1-8(14)10-5-6-11(12(7-10)16-3)18-9(2)13(15)17-4/h5-9,14H,1-4H3/t8-,9?/m1/s1. The zero-order valence-electron chi connectivity index (χ0n) is 11.0. The van der Waals surface area contributed by atoms with Gasteiger partial charge in [-0.25, -0.2) is 4.79 Å². The van der Waals surface area contributed by atoms with Gasteiger partial charge in [-0.1, -0.05) is 6.07 Å². The molecule has 0 aliphatic heterocycles. The molecule has 0 saturated carbocycles. The second-order valence-electron chi connectivity index (χ2n) is 3.87. The van der Waals surface area contributed by atoms with Gasteiger partial charge >= 0.3 is 5.97 Å². The van der Waals surface area contributed by atoms with Crippen LogP contribution in [0.2, 0.25) is 0 Å². The molecule has 1 rings (SSSR count). The molecule has 0 aromatic heterocycles. The van der Waals surface area contributed by atoms with E-state index in [-0.39, 0.29) is 0 Å². The van der Waals surface area contributed by atoms with Crippen LogP contribution in [0.25, 0.3) is 0 Å². The fraction of sp³-hybridized carbons (Fsp3) is 0.462. The van der Waals surface area contributed by atoms with Crippen molar-refractivity contribution in [1.82, 2.24) is 0 Å². The van der Waals surface area contributed by atoms with Crippen LogP contribution >= 0.6 is 0 Å². The zero-order chi connectivity index (χ0) is 13.7. The van der Waals surface area contributed by atoms with E-state index in [0.717, 1.165) is 0 Å². The highest BCUT2D eigenvalue weighted by Crippen LogP contribution is 2.31. The van der Waals surface area contributed by atoms with Crippen LogP contribution in [0.1, 0.15) is 25.5 Å². The molecule has 0 aliphatic carbocycles. The summed E-state index contributed by atoms with van der Waals surface area (Å²) in [6, 6.07) is 5.04. The van der Waals surface area contributed by atoms with Crippen LogP contribution in [0.15, 0.2) is 18.2 Å². The van der Waals surface area contributed by atoms with Crippen LogP contribution in [-0.4, -0.2) is 31.4 Å². The van der Waals surface area contributed by atoms with Gasteiger partial charge in [0.2, 0.25) is 0 Å². The quantitative estimate of drug-likeness (QED) is 0.810. The first-order chi connectivity index (χ1) is 8.49. The predicted molar refractivity (Wildman–Crippen MR) is 65.7 cm³/mol. The first kappa shape index (κ1) is 14.3. The van der Waals surface area contributed by atoms with E-state index in [2.05, 4.69) is 4.74 Å². The largest absolute Gasteiger partial charge is 0.493 e. The lowest BCUT2D eigenvalue weighted by atomic mass is 10.1. The number of carbonyl (C=O) groups excluding carboxylic acids is 1. The molecule has 1 aromatic rings. The first-order valence-corrected chi connectivity index (χ1v) is 5.60. The van der Waals surface area contributed by atoms with Crippen LogP contribution in [0.5, 0.6) is 11.5 Å². The number of hydrogen-bond donors (Lipinski definition) is 1. The summed E-state index contributed by atoms with van der Waals surface area (Å²) in [4.78, 5) is 11.3. The topological polar surface area (TPSA) is 65.0 Å². The maximum Gasteiger partial charge on any atom is 0.346 e. The number of aliphatic hydroxyl groups excluding tert-OH is 1. The summed E-state index contributed by atoms with van der Waals surface area (Å²) in [5.74, 6) is 0.431. The number of methoxy groups -OCH3 is 2. The molecule has 1 unspecified atom stereocenters. The van der Waals surface area contributed by atoms with E-state index in [9.17, 15) is 9.90 Å². The lowest BCUT2D eigenvalue weighted by Gasteiger charge is -2.16. The average Bonchev–Trinajstić information content (AvgIpc) is 2.37.